The maximum absolute atomic E-state index is 13.1. The van der Waals surface area contributed by atoms with Crippen molar-refractivity contribution in [3.8, 4) is 5.82 Å². The minimum Gasteiger partial charge on any atom is -0.447 e. The van der Waals surface area contributed by atoms with E-state index in [-0.39, 0.29) is 5.56 Å². The predicted molar refractivity (Wildman–Crippen MR) is 130 cm³/mol. The molecule has 6 rings (SSSR count). The second kappa shape index (κ2) is 8.51. The van der Waals surface area contributed by atoms with Crippen LogP contribution >= 0.6 is 0 Å². The van der Waals surface area contributed by atoms with E-state index in [4.69, 9.17) is 4.74 Å². The molecule has 2 aliphatic rings. The number of carbonyl (C=O) groups is 1. The van der Waals surface area contributed by atoms with Crippen molar-refractivity contribution in [2.24, 2.45) is 0 Å². The van der Waals surface area contributed by atoms with Crippen molar-refractivity contribution >= 4 is 34.6 Å². The number of hydrogen-bond acceptors (Lipinski definition) is 8. The number of nitrogens with one attached hydrogen (secondary N) is 2. The van der Waals surface area contributed by atoms with Gasteiger partial charge in [-0.05, 0) is 55.3 Å². The fourth-order valence-electron chi connectivity index (χ4n) is 4.58. The van der Waals surface area contributed by atoms with E-state index >= 15 is 0 Å². The summed E-state index contributed by atoms with van der Waals surface area (Å²) in [5.74, 6) is 1.31. The molecule has 178 valence electrons. The van der Waals surface area contributed by atoms with E-state index in [0.29, 0.717) is 48.3 Å². The Bertz CT molecular complexity index is 1510. The van der Waals surface area contributed by atoms with Crippen LogP contribution in [-0.4, -0.2) is 50.1 Å². The largest absolute Gasteiger partial charge is 0.447 e. The third-order valence-corrected chi connectivity index (χ3v) is 6.30. The first-order valence-electron chi connectivity index (χ1n) is 11.6. The van der Waals surface area contributed by atoms with Crippen LogP contribution < -0.4 is 21.1 Å². The molecule has 1 amide bonds. The summed E-state index contributed by atoms with van der Waals surface area (Å²) in [6.07, 6.45) is 2.11. The van der Waals surface area contributed by atoms with Gasteiger partial charge in [-0.25, -0.2) is 24.1 Å². The molecule has 0 spiro atoms. The van der Waals surface area contributed by atoms with Gasteiger partial charge in [-0.1, -0.05) is 12.1 Å². The molecule has 1 fully saturated rings. The molecule has 0 unspecified atom stereocenters. The number of fused-ring (bicyclic) bond motifs is 2. The number of nitrogens with zero attached hydrogens (tertiary/aromatic N) is 6. The van der Waals surface area contributed by atoms with E-state index < -0.39 is 6.09 Å². The van der Waals surface area contributed by atoms with Crippen LogP contribution in [0.5, 0.6) is 0 Å². The van der Waals surface area contributed by atoms with Crippen LogP contribution in [0.2, 0.25) is 0 Å². The average Bonchev–Trinajstić information content (AvgIpc) is 3.44. The molecule has 0 saturated carbocycles. The van der Waals surface area contributed by atoms with Gasteiger partial charge in [0.25, 0.3) is 5.56 Å². The number of carbonyl (C=O) groups excluding carboxylic acids is 1. The summed E-state index contributed by atoms with van der Waals surface area (Å²) in [7, 11) is 0. The average molecular weight is 473 g/mol. The summed E-state index contributed by atoms with van der Waals surface area (Å²) < 4.78 is 8.27. The normalized spacial score (nSPS) is 15.3. The molecule has 0 atom stereocenters. The third-order valence-electron chi connectivity index (χ3n) is 6.30. The predicted octanol–water partition coefficient (Wildman–Crippen LogP) is 2.34. The van der Waals surface area contributed by atoms with E-state index in [9.17, 15) is 9.59 Å². The summed E-state index contributed by atoms with van der Waals surface area (Å²) in [5, 5.41) is 7.04. The Hall–Kier alpha value is -4.25. The molecule has 11 nitrogen and oxygen atoms in total. The Kier molecular flexibility index (Phi) is 5.18. The van der Waals surface area contributed by atoms with Gasteiger partial charge in [-0.2, -0.15) is 4.98 Å². The smallest absolute Gasteiger partial charge is 0.415 e. The number of benzene rings is 1. The first kappa shape index (κ1) is 21.3. The number of rotatable bonds is 5. The summed E-state index contributed by atoms with van der Waals surface area (Å²) in [6.45, 7) is 4.85. The van der Waals surface area contributed by atoms with E-state index in [1.807, 2.05) is 13.0 Å². The molecule has 2 N–H and O–H groups in total. The molecule has 35 heavy (non-hydrogen) atoms. The Morgan fingerprint density at radius 3 is 2.83 bits per heavy atom. The second-order valence-corrected chi connectivity index (χ2v) is 8.42. The second-order valence-electron chi connectivity index (χ2n) is 8.42. The summed E-state index contributed by atoms with van der Waals surface area (Å²) in [6, 6.07) is 11.5. The number of ether oxygens (including phenoxy) is 1. The molecule has 2 aliphatic heterocycles. The molecule has 0 radical (unpaired) electrons. The van der Waals surface area contributed by atoms with Gasteiger partial charge in [0.15, 0.2) is 11.5 Å². The first-order chi connectivity index (χ1) is 17.1. The summed E-state index contributed by atoms with van der Waals surface area (Å²) in [4.78, 5) is 40.3. The number of cyclic esters (lactones) is 1. The zero-order valence-electron chi connectivity index (χ0n) is 19.2. The maximum atomic E-state index is 13.1. The highest BCUT2D eigenvalue weighted by atomic mass is 16.6. The van der Waals surface area contributed by atoms with Crippen LogP contribution in [0.4, 0.5) is 22.2 Å². The zero-order valence-corrected chi connectivity index (χ0v) is 19.2. The molecular weight excluding hydrogens is 448 g/mol. The van der Waals surface area contributed by atoms with E-state index in [1.54, 1.807) is 27.6 Å². The number of hydrogen-bond donors (Lipinski definition) is 2. The van der Waals surface area contributed by atoms with Gasteiger partial charge >= 0.3 is 6.09 Å². The van der Waals surface area contributed by atoms with Crippen LogP contribution in [0.15, 0.2) is 47.4 Å². The highest BCUT2D eigenvalue weighted by molar-refractivity contribution is 5.88. The van der Waals surface area contributed by atoms with Crippen LogP contribution in [0.1, 0.15) is 18.1 Å². The lowest BCUT2D eigenvalue weighted by molar-refractivity contribution is 0.181. The Morgan fingerprint density at radius 1 is 1.11 bits per heavy atom. The van der Waals surface area contributed by atoms with Gasteiger partial charge in [-0.15, -0.1) is 0 Å². The van der Waals surface area contributed by atoms with Crippen LogP contribution in [0.3, 0.4) is 0 Å². The Morgan fingerprint density at radius 2 is 2.00 bits per heavy atom. The van der Waals surface area contributed by atoms with Crippen molar-refractivity contribution < 1.29 is 9.53 Å². The lowest BCUT2D eigenvalue weighted by atomic mass is 10.0. The van der Waals surface area contributed by atoms with Crippen molar-refractivity contribution in [3.05, 3.63) is 64.1 Å². The minimum absolute atomic E-state index is 0.207. The Labute approximate surface area is 200 Å². The van der Waals surface area contributed by atoms with Gasteiger partial charge in [0.05, 0.1) is 6.54 Å². The number of aromatic nitrogens is 5. The highest BCUT2D eigenvalue weighted by Gasteiger charge is 2.26. The van der Waals surface area contributed by atoms with Crippen molar-refractivity contribution in [2.45, 2.75) is 26.4 Å². The molecule has 1 saturated heterocycles. The quantitative estimate of drug-likeness (QED) is 0.454. The number of pyridine rings is 1. The van der Waals surface area contributed by atoms with Crippen molar-refractivity contribution in [2.75, 3.05) is 29.9 Å². The van der Waals surface area contributed by atoms with E-state index in [2.05, 4.69) is 37.7 Å². The van der Waals surface area contributed by atoms with Crippen molar-refractivity contribution in [3.63, 3.8) is 0 Å². The maximum Gasteiger partial charge on any atom is 0.415 e. The first-order valence-corrected chi connectivity index (χ1v) is 11.6. The van der Waals surface area contributed by atoms with Crippen LogP contribution in [0.25, 0.3) is 16.9 Å². The van der Waals surface area contributed by atoms with Crippen molar-refractivity contribution in [1.82, 2.24) is 29.6 Å². The van der Waals surface area contributed by atoms with Gasteiger partial charge in [0.2, 0.25) is 5.95 Å². The van der Waals surface area contributed by atoms with Crippen LogP contribution in [-0.2, 0) is 24.2 Å². The molecule has 3 aromatic heterocycles. The summed E-state index contributed by atoms with van der Waals surface area (Å²) in [5.41, 5.74) is 3.69. The van der Waals surface area contributed by atoms with Gasteiger partial charge in [0.1, 0.15) is 17.8 Å². The van der Waals surface area contributed by atoms with E-state index in [0.717, 1.165) is 25.2 Å². The molecule has 0 bridgehead atoms. The van der Waals surface area contributed by atoms with Crippen LogP contribution in [0, 0.1) is 0 Å². The monoisotopic (exact) mass is 472 g/mol. The lowest BCUT2D eigenvalue weighted by Gasteiger charge is -2.18. The Balaban J connectivity index is 1.42. The molecule has 0 aliphatic carbocycles. The zero-order chi connectivity index (χ0) is 23.9. The third kappa shape index (κ3) is 3.69. The van der Waals surface area contributed by atoms with Gasteiger partial charge in [-0.3, -0.25) is 9.69 Å². The molecule has 4 aromatic rings. The fraction of sp³-hybridized carbons (Fsp3) is 0.292. The summed E-state index contributed by atoms with van der Waals surface area (Å²) >= 11 is 0. The molecule has 5 heterocycles. The number of amides is 1. The highest BCUT2D eigenvalue weighted by Crippen LogP contribution is 2.23. The number of anilines is 3. The van der Waals surface area contributed by atoms with Gasteiger partial charge < -0.3 is 15.4 Å². The standard InChI is InChI=1S/C24H24N8O3/c1-2-31-22(33)18-14-26-23(27-17-7-6-15-8-9-25-13-16(15)12-17)29-21(18)32(31)20-5-3-4-19(28-20)30-10-11-35-24(30)34/h3-7,12,14,25H,2,8-11,13H2,1H3,(H,26,27,29). The molecular formula is C24H24N8O3. The van der Waals surface area contributed by atoms with Crippen molar-refractivity contribution in [1.29, 1.82) is 0 Å². The molecule has 11 heteroatoms. The SMILES string of the molecule is CCn1c(=O)c2cnc(Nc3ccc4c(c3)CNCC4)nc2n1-c1cccc(N2CCOC2=O)n1. The minimum atomic E-state index is -0.436. The van der Waals surface area contributed by atoms with Gasteiger partial charge in [0, 0.05) is 25.0 Å². The fourth-order valence-corrected chi connectivity index (χ4v) is 4.58. The topological polar surface area (TPSA) is 119 Å². The lowest BCUT2D eigenvalue weighted by Crippen LogP contribution is -2.26. The molecule has 1 aromatic carbocycles. The van der Waals surface area contributed by atoms with E-state index in [1.165, 1.54) is 22.2 Å².